The van der Waals surface area contributed by atoms with E-state index in [9.17, 15) is 9.50 Å². The van der Waals surface area contributed by atoms with Gasteiger partial charge in [-0.1, -0.05) is 0 Å². The van der Waals surface area contributed by atoms with Gasteiger partial charge in [0.1, 0.15) is 5.82 Å². The van der Waals surface area contributed by atoms with Crippen molar-refractivity contribution in [1.29, 1.82) is 0 Å². The van der Waals surface area contributed by atoms with Gasteiger partial charge < -0.3 is 9.67 Å². The average molecular weight is 329 g/mol. The van der Waals surface area contributed by atoms with Crippen LogP contribution in [-0.2, 0) is 6.54 Å². The molecular formula is C19H24FN3O. The quantitative estimate of drug-likeness (QED) is 0.937. The summed E-state index contributed by atoms with van der Waals surface area (Å²) >= 11 is 0. The largest absolute Gasteiger partial charge is 0.392 e. The van der Waals surface area contributed by atoms with Crippen LogP contribution in [0.4, 0.5) is 4.39 Å². The fourth-order valence-corrected chi connectivity index (χ4v) is 4.10. The minimum atomic E-state index is -0.211. The van der Waals surface area contributed by atoms with Crippen LogP contribution in [0.2, 0.25) is 0 Å². The van der Waals surface area contributed by atoms with E-state index in [-0.39, 0.29) is 11.9 Å². The zero-order valence-corrected chi connectivity index (χ0v) is 14.0. The van der Waals surface area contributed by atoms with Crippen molar-refractivity contribution < 1.29 is 9.50 Å². The van der Waals surface area contributed by atoms with E-state index in [2.05, 4.69) is 27.4 Å². The summed E-state index contributed by atoms with van der Waals surface area (Å²) in [4.78, 5) is 4.92. The number of nitrogens with zero attached hydrogens (tertiary/aromatic N) is 3. The van der Waals surface area contributed by atoms with Gasteiger partial charge in [-0.05, 0) is 49.7 Å². The highest BCUT2D eigenvalue weighted by Crippen LogP contribution is 2.26. The van der Waals surface area contributed by atoms with E-state index in [0.29, 0.717) is 12.1 Å². The molecular weight excluding hydrogens is 305 g/mol. The number of hydrogen-bond donors (Lipinski definition) is 1. The molecule has 1 aromatic heterocycles. The van der Waals surface area contributed by atoms with Crippen molar-refractivity contribution in [2.24, 2.45) is 0 Å². The highest BCUT2D eigenvalue weighted by molar-refractivity contribution is 5.35. The molecule has 4 rings (SSSR count). The molecule has 0 amide bonds. The van der Waals surface area contributed by atoms with E-state index in [4.69, 9.17) is 0 Å². The fourth-order valence-electron chi connectivity index (χ4n) is 4.10. The number of halogens is 1. The van der Waals surface area contributed by atoms with Gasteiger partial charge in [0.25, 0.3) is 0 Å². The lowest BCUT2D eigenvalue weighted by molar-refractivity contribution is 0.0517. The average Bonchev–Trinajstić information content (AvgIpc) is 3.14. The van der Waals surface area contributed by atoms with Gasteiger partial charge in [-0.25, -0.2) is 4.39 Å². The number of aliphatic hydroxyl groups excluding tert-OH is 1. The van der Waals surface area contributed by atoms with E-state index < -0.39 is 0 Å². The lowest BCUT2D eigenvalue weighted by Crippen LogP contribution is -2.54. The van der Waals surface area contributed by atoms with E-state index in [1.165, 1.54) is 17.8 Å². The molecule has 0 saturated carbocycles. The Morgan fingerprint density at radius 1 is 1.12 bits per heavy atom. The molecule has 2 aliphatic rings. The predicted molar refractivity (Wildman–Crippen MR) is 91.6 cm³/mol. The molecule has 5 heteroatoms. The van der Waals surface area contributed by atoms with Crippen LogP contribution in [0.5, 0.6) is 0 Å². The highest BCUT2D eigenvalue weighted by Gasteiger charge is 2.38. The molecule has 0 unspecified atom stereocenters. The van der Waals surface area contributed by atoms with E-state index in [1.54, 1.807) is 0 Å². The first-order valence-electron chi connectivity index (χ1n) is 8.68. The molecule has 0 bridgehead atoms. The van der Waals surface area contributed by atoms with Crippen LogP contribution in [0.25, 0.3) is 5.69 Å². The molecule has 4 nitrogen and oxygen atoms in total. The number of piperazine rings is 1. The second-order valence-corrected chi connectivity index (χ2v) is 7.12. The van der Waals surface area contributed by atoms with Crippen LogP contribution in [0.1, 0.15) is 19.0 Å². The van der Waals surface area contributed by atoms with Crippen molar-refractivity contribution >= 4 is 0 Å². The third-order valence-electron chi connectivity index (χ3n) is 5.38. The summed E-state index contributed by atoms with van der Waals surface area (Å²) in [6, 6.07) is 11.7. The topological polar surface area (TPSA) is 31.6 Å². The lowest BCUT2D eigenvalue weighted by Gasteiger charge is -2.42. The van der Waals surface area contributed by atoms with Crippen LogP contribution in [0.3, 0.4) is 0 Å². The number of fused-ring (bicyclic) bond motifs is 1. The molecule has 0 aliphatic carbocycles. The highest BCUT2D eigenvalue weighted by atomic mass is 19.1. The van der Waals surface area contributed by atoms with Gasteiger partial charge in [0.2, 0.25) is 0 Å². The van der Waals surface area contributed by atoms with Crippen LogP contribution in [0, 0.1) is 5.82 Å². The fraction of sp³-hybridized carbons (Fsp3) is 0.474. The normalized spacial score (nSPS) is 28.2. The van der Waals surface area contributed by atoms with Gasteiger partial charge >= 0.3 is 0 Å². The summed E-state index contributed by atoms with van der Waals surface area (Å²) in [5.41, 5.74) is 2.19. The minimum Gasteiger partial charge on any atom is -0.392 e. The molecule has 1 aromatic carbocycles. The summed E-state index contributed by atoms with van der Waals surface area (Å²) < 4.78 is 15.3. The second kappa shape index (κ2) is 6.31. The molecule has 2 fully saturated rings. The zero-order chi connectivity index (χ0) is 16.7. The molecule has 3 heterocycles. The Bertz CT molecular complexity index is 699. The molecule has 1 N–H and O–H groups in total. The summed E-state index contributed by atoms with van der Waals surface area (Å²) in [6.07, 6.45) is 2.73. The van der Waals surface area contributed by atoms with Gasteiger partial charge in [0.05, 0.1) is 6.10 Å². The van der Waals surface area contributed by atoms with Crippen molar-refractivity contribution in [3.63, 3.8) is 0 Å². The Morgan fingerprint density at radius 2 is 1.92 bits per heavy atom. The molecule has 24 heavy (non-hydrogen) atoms. The number of aromatic nitrogens is 1. The Labute approximate surface area is 142 Å². The summed E-state index contributed by atoms with van der Waals surface area (Å²) in [5, 5.41) is 9.91. The van der Waals surface area contributed by atoms with Crippen molar-refractivity contribution in [1.82, 2.24) is 14.4 Å². The van der Waals surface area contributed by atoms with E-state index in [0.717, 1.165) is 38.3 Å². The number of rotatable bonds is 3. The molecule has 0 spiro atoms. The first-order chi connectivity index (χ1) is 11.6. The van der Waals surface area contributed by atoms with Crippen LogP contribution in [0.15, 0.2) is 42.6 Å². The predicted octanol–water partition coefficient (Wildman–Crippen LogP) is 2.26. The van der Waals surface area contributed by atoms with Crippen molar-refractivity contribution in [3.05, 3.63) is 54.1 Å². The van der Waals surface area contributed by atoms with E-state index >= 15 is 0 Å². The summed E-state index contributed by atoms with van der Waals surface area (Å²) in [6.45, 7) is 5.94. The standard InChI is InChI=1S/C19H24FN3O/c1-14-10-22-13-19(24)9-18(22)12-21(14)11-17-3-2-8-23(17)16-6-4-15(20)5-7-16/h2-8,14,18-19,24H,9-13H2,1H3/t14-,18+,19+/m0/s1. The monoisotopic (exact) mass is 329 g/mol. The lowest BCUT2D eigenvalue weighted by atomic mass is 10.1. The third kappa shape index (κ3) is 2.99. The van der Waals surface area contributed by atoms with Gasteiger partial charge in [0, 0.05) is 55.8 Å². The van der Waals surface area contributed by atoms with Gasteiger partial charge in [-0.3, -0.25) is 9.80 Å². The Morgan fingerprint density at radius 3 is 2.71 bits per heavy atom. The van der Waals surface area contributed by atoms with Crippen molar-refractivity contribution in [3.8, 4) is 5.69 Å². The summed E-state index contributed by atoms with van der Waals surface area (Å²) in [7, 11) is 0. The third-order valence-corrected chi connectivity index (χ3v) is 5.38. The maximum Gasteiger partial charge on any atom is 0.123 e. The SMILES string of the molecule is C[C@H]1CN2C[C@H](O)C[C@@H]2CN1Cc1cccn1-c1ccc(F)cc1. The Kier molecular flexibility index (Phi) is 4.16. The van der Waals surface area contributed by atoms with E-state index in [1.807, 2.05) is 24.4 Å². The second-order valence-electron chi connectivity index (χ2n) is 7.12. The Balaban J connectivity index is 1.52. The molecule has 2 saturated heterocycles. The maximum absolute atomic E-state index is 13.2. The molecule has 2 aliphatic heterocycles. The maximum atomic E-state index is 13.2. The summed E-state index contributed by atoms with van der Waals surface area (Å²) in [5.74, 6) is -0.211. The van der Waals surface area contributed by atoms with Crippen LogP contribution >= 0.6 is 0 Å². The first kappa shape index (κ1) is 15.8. The van der Waals surface area contributed by atoms with Crippen LogP contribution in [-0.4, -0.2) is 57.3 Å². The first-order valence-corrected chi connectivity index (χ1v) is 8.68. The number of aliphatic hydroxyl groups is 1. The molecule has 2 aromatic rings. The number of benzene rings is 1. The molecule has 128 valence electrons. The van der Waals surface area contributed by atoms with Gasteiger partial charge in [-0.15, -0.1) is 0 Å². The minimum absolute atomic E-state index is 0.176. The molecule has 0 radical (unpaired) electrons. The van der Waals surface area contributed by atoms with Crippen molar-refractivity contribution in [2.75, 3.05) is 19.6 Å². The van der Waals surface area contributed by atoms with Gasteiger partial charge in [0.15, 0.2) is 0 Å². The van der Waals surface area contributed by atoms with Crippen LogP contribution < -0.4 is 0 Å². The Hall–Kier alpha value is -1.69. The van der Waals surface area contributed by atoms with Crippen molar-refractivity contribution in [2.45, 2.75) is 38.1 Å². The number of hydrogen-bond acceptors (Lipinski definition) is 3. The molecule has 3 atom stereocenters. The van der Waals surface area contributed by atoms with Gasteiger partial charge in [-0.2, -0.15) is 0 Å². The zero-order valence-electron chi connectivity index (χ0n) is 14.0. The smallest absolute Gasteiger partial charge is 0.123 e.